The Hall–Kier alpha value is 0.107. The Morgan fingerprint density at radius 1 is 1.06 bits per heavy atom. The van der Waals surface area contributed by atoms with Crippen molar-refractivity contribution in [2.24, 2.45) is 0 Å². The van der Waals surface area contributed by atoms with Crippen LogP contribution in [0.3, 0.4) is 0 Å². The molecule has 0 aromatic carbocycles. The van der Waals surface area contributed by atoms with Gasteiger partial charge in [0.25, 0.3) is 0 Å². The summed E-state index contributed by atoms with van der Waals surface area (Å²) in [5.41, 5.74) is -1.10. The summed E-state index contributed by atoms with van der Waals surface area (Å²) >= 11 is 0. The van der Waals surface area contributed by atoms with Crippen molar-refractivity contribution in [1.82, 2.24) is 0 Å². The summed E-state index contributed by atoms with van der Waals surface area (Å²) in [6, 6.07) is 0. The third-order valence-electron chi connectivity index (χ3n) is 3.34. The van der Waals surface area contributed by atoms with Gasteiger partial charge in [0.2, 0.25) is 0 Å². The van der Waals surface area contributed by atoms with Crippen LogP contribution in [0.15, 0.2) is 11.5 Å². The van der Waals surface area contributed by atoms with Crippen LogP contribution in [-0.2, 0) is 13.6 Å². The molecule has 1 saturated heterocycles. The van der Waals surface area contributed by atoms with Crippen LogP contribution in [0.25, 0.3) is 0 Å². The molecular weight excluding hydrogens is 239 g/mol. The van der Waals surface area contributed by atoms with Gasteiger partial charge in [-0.25, -0.2) is 0 Å². The zero-order chi connectivity index (χ0) is 13.0. The molecular formula is C11H23O3PSi. The Balaban J connectivity index is 3.11. The first kappa shape index (κ1) is 14.2. The monoisotopic (exact) mass is 262 g/mol. The molecule has 1 aliphatic heterocycles. The van der Waals surface area contributed by atoms with Crippen molar-refractivity contribution >= 4 is 15.7 Å². The van der Waals surface area contributed by atoms with Gasteiger partial charge in [0.1, 0.15) is 11.2 Å². The molecule has 0 unspecified atom stereocenters. The molecule has 0 spiro atoms. The van der Waals surface area contributed by atoms with Crippen LogP contribution in [0.2, 0.25) is 19.6 Å². The molecule has 1 fully saturated rings. The van der Waals surface area contributed by atoms with Crippen LogP contribution in [0.1, 0.15) is 27.7 Å². The average molecular weight is 262 g/mol. The van der Waals surface area contributed by atoms with Crippen molar-refractivity contribution in [1.29, 1.82) is 0 Å². The van der Waals surface area contributed by atoms with Crippen LogP contribution in [0.4, 0.5) is 0 Å². The van der Waals surface area contributed by atoms with Gasteiger partial charge >= 0.3 is 7.60 Å². The summed E-state index contributed by atoms with van der Waals surface area (Å²) in [5.74, 6) is 0. The highest BCUT2D eigenvalue weighted by Crippen LogP contribution is 2.69. The smallest absolute Gasteiger partial charge is 0.297 e. The molecule has 3 nitrogen and oxygen atoms in total. The van der Waals surface area contributed by atoms with Gasteiger partial charge in [-0.3, -0.25) is 13.6 Å². The van der Waals surface area contributed by atoms with Crippen LogP contribution in [0.5, 0.6) is 0 Å². The van der Waals surface area contributed by atoms with Gasteiger partial charge in [-0.2, -0.15) is 0 Å². The molecule has 0 radical (unpaired) electrons. The Morgan fingerprint density at radius 3 is 1.62 bits per heavy atom. The Kier molecular flexibility index (Phi) is 3.14. The third-order valence-corrected chi connectivity index (χ3v) is 9.96. The lowest BCUT2D eigenvalue weighted by Crippen LogP contribution is -2.41. The van der Waals surface area contributed by atoms with Crippen molar-refractivity contribution in [3.8, 4) is 0 Å². The zero-order valence-electron chi connectivity index (χ0n) is 11.4. The maximum absolute atomic E-state index is 12.7. The van der Waals surface area contributed by atoms with Crippen molar-refractivity contribution in [2.75, 3.05) is 0 Å². The van der Waals surface area contributed by atoms with E-state index >= 15 is 0 Å². The quantitative estimate of drug-likeness (QED) is 0.553. The molecule has 0 amide bonds. The van der Waals surface area contributed by atoms with Gasteiger partial charge in [0.15, 0.2) is 0 Å². The minimum atomic E-state index is -3.16. The second-order valence-electron chi connectivity index (χ2n) is 6.40. The molecule has 1 heterocycles. The van der Waals surface area contributed by atoms with E-state index in [1.54, 1.807) is 0 Å². The normalized spacial score (nSPS) is 26.7. The molecule has 16 heavy (non-hydrogen) atoms. The molecule has 0 aromatic heterocycles. The second kappa shape index (κ2) is 3.55. The molecule has 0 aliphatic carbocycles. The highest BCUT2D eigenvalue weighted by atomic mass is 31.2. The molecule has 5 heteroatoms. The highest BCUT2D eigenvalue weighted by molar-refractivity contribution is 7.63. The lowest BCUT2D eigenvalue weighted by Gasteiger charge is -2.29. The molecule has 94 valence electrons. The van der Waals surface area contributed by atoms with Crippen LogP contribution in [0, 0.1) is 0 Å². The van der Waals surface area contributed by atoms with Crippen molar-refractivity contribution in [3.63, 3.8) is 0 Å². The van der Waals surface area contributed by atoms with E-state index in [9.17, 15) is 4.57 Å². The Bertz CT molecular complexity index is 346. The van der Waals surface area contributed by atoms with Crippen LogP contribution in [-0.4, -0.2) is 19.3 Å². The van der Waals surface area contributed by atoms with E-state index in [2.05, 4.69) is 26.2 Å². The van der Waals surface area contributed by atoms with Gasteiger partial charge in [-0.1, -0.05) is 26.2 Å². The molecule has 0 atom stereocenters. The Labute approximate surface area is 99.8 Å². The largest absolute Gasteiger partial charge is 0.354 e. The molecule has 0 aromatic rings. The van der Waals surface area contributed by atoms with Gasteiger partial charge in [-0.05, 0) is 27.7 Å². The summed E-state index contributed by atoms with van der Waals surface area (Å²) < 4.78 is 24.1. The predicted molar refractivity (Wildman–Crippen MR) is 70.4 cm³/mol. The second-order valence-corrected chi connectivity index (χ2v) is 13.8. The van der Waals surface area contributed by atoms with Crippen LogP contribution >= 0.6 is 7.60 Å². The van der Waals surface area contributed by atoms with Crippen molar-refractivity contribution in [2.45, 2.75) is 58.5 Å². The van der Waals surface area contributed by atoms with E-state index in [0.717, 1.165) is 0 Å². The van der Waals surface area contributed by atoms with E-state index in [4.69, 9.17) is 9.05 Å². The summed E-state index contributed by atoms with van der Waals surface area (Å²) in [5, 5.41) is 0. The van der Waals surface area contributed by atoms with E-state index < -0.39 is 26.9 Å². The fourth-order valence-electron chi connectivity index (χ4n) is 1.36. The maximum Gasteiger partial charge on any atom is 0.354 e. The van der Waals surface area contributed by atoms with Gasteiger partial charge in [0, 0.05) is 4.94 Å². The first-order valence-corrected chi connectivity index (χ1v) is 10.6. The fraction of sp³-hybridized carbons (Fsp3) is 0.818. The van der Waals surface area contributed by atoms with E-state index in [0.29, 0.717) is 4.94 Å². The summed E-state index contributed by atoms with van der Waals surface area (Å²) in [6.45, 7) is 17.9. The minimum Gasteiger partial charge on any atom is -0.297 e. The highest BCUT2D eigenvalue weighted by Gasteiger charge is 2.57. The summed E-state index contributed by atoms with van der Waals surface area (Å²) in [4.78, 5) is 0.679. The van der Waals surface area contributed by atoms with E-state index in [-0.39, 0.29) is 0 Å². The number of hydrogen-bond donors (Lipinski definition) is 0. The first-order chi connectivity index (χ1) is 6.82. The molecule has 0 bridgehead atoms. The number of hydrogen-bond acceptors (Lipinski definition) is 3. The summed E-state index contributed by atoms with van der Waals surface area (Å²) in [7, 11) is -4.89. The molecule has 1 aliphatic rings. The lowest BCUT2D eigenvalue weighted by atomic mass is 9.90. The van der Waals surface area contributed by atoms with E-state index in [1.807, 2.05) is 27.7 Å². The first-order valence-electron chi connectivity index (χ1n) is 5.53. The molecule has 0 saturated carbocycles. The average Bonchev–Trinajstić information content (AvgIpc) is 2.13. The topological polar surface area (TPSA) is 35.5 Å². The zero-order valence-corrected chi connectivity index (χ0v) is 13.3. The lowest BCUT2D eigenvalue weighted by molar-refractivity contribution is 0.00578. The van der Waals surface area contributed by atoms with Gasteiger partial charge < -0.3 is 0 Å². The van der Waals surface area contributed by atoms with Gasteiger partial charge in [-0.15, -0.1) is 0 Å². The summed E-state index contributed by atoms with van der Waals surface area (Å²) in [6.07, 6.45) is 0. The van der Waals surface area contributed by atoms with Crippen molar-refractivity contribution in [3.05, 3.63) is 11.5 Å². The molecule has 0 N–H and O–H groups in total. The Morgan fingerprint density at radius 2 is 1.38 bits per heavy atom. The standard InChI is InChI=1S/C11H23O3PSi/c1-9(16(6,7)8)15(12)13-10(2,3)11(4,5)14-15/h1H2,2-8H3. The van der Waals surface area contributed by atoms with E-state index in [1.165, 1.54) is 0 Å². The number of rotatable bonds is 2. The van der Waals surface area contributed by atoms with Crippen molar-refractivity contribution < 1.29 is 13.6 Å². The fourth-order valence-corrected chi connectivity index (χ4v) is 6.82. The minimum absolute atomic E-state index is 0.550. The van der Waals surface area contributed by atoms with Gasteiger partial charge in [0.05, 0.1) is 8.07 Å². The maximum atomic E-state index is 12.7. The molecule has 1 rings (SSSR count). The third kappa shape index (κ3) is 2.21. The van der Waals surface area contributed by atoms with Crippen LogP contribution < -0.4 is 0 Å². The SMILES string of the molecule is C=C([Si](C)(C)C)P1(=O)OC(C)(C)C(C)(C)O1. The predicted octanol–water partition coefficient (Wildman–Crippen LogP) is 4.17.